The van der Waals surface area contributed by atoms with E-state index in [-0.39, 0.29) is 18.2 Å². The van der Waals surface area contributed by atoms with Crippen LogP contribution in [0.5, 0.6) is 0 Å². The van der Waals surface area contributed by atoms with E-state index in [4.69, 9.17) is 4.42 Å². The molecule has 0 aliphatic heterocycles. The summed E-state index contributed by atoms with van der Waals surface area (Å²) in [4.78, 5) is 25.0. The Morgan fingerprint density at radius 2 is 1.90 bits per heavy atom. The molecule has 1 N–H and O–H groups in total. The number of hydrogen-bond donors (Lipinski definition) is 1. The molecule has 2 amide bonds. The van der Waals surface area contributed by atoms with Crippen LogP contribution in [0.4, 0.5) is 5.69 Å². The third-order valence-electron chi connectivity index (χ3n) is 3.04. The summed E-state index contributed by atoms with van der Waals surface area (Å²) in [5.74, 6) is 0.500. The maximum Gasteiger partial charge on any atom is 0.226 e. The zero-order valence-electron chi connectivity index (χ0n) is 11.9. The van der Waals surface area contributed by atoms with Crippen molar-refractivity contribution in [2.45, 2.75) is 19.9 Å². The highest BCUT2D eigenvalue weighted by Crippen LogP contribution is 2.08. The predicted octanol–water partition coefficient (Wildman–Crippen LogP) is 2.66. The second-order valence-corrected chi connectivity index (χ2v) is 4.68. The molecule has 2 aromatic rings. The highest BCUT2D eigenvalue weighted by molar-refractivity contribution is 5.91. The Morgan fingerprint density at radius 1 is 1.14 bits per heavy atom. The summed E-state index contributed by atoms with van der Waals surface area (Å²) in [6, 6.07) is 12.8. The van der Waals surface area contributed by atoms with E-state index in [2.05, 4.69) is 5.32 Å². The van der Waals surface area contributed by atoms with Crippen molar-refractivity contribution >= 4 is 17.5 Å². The molecule has 0 saturated carbocycles. The van der Waals surface area contributed by atoms with Crippen molar-refractivity contribution < 1.29 is 14.0 Å². The number of para-hydroxylation sites is 1. The fourth-order valence-electron chi connectivity index (χ4n) is 1.92. The number of furan rings is 1. The third kappa shape index (κ3) is 4.80. The number of nitrogens with one attached hydrogen (secondary N) is 1. The van der Waals surface area contributed by atoms with Gasteiger partial charge < -0.3 is 14.6 Å². The van der Waals surface area contributed by atoms with Crippen LogP contribution < -0.4 is 5.32 Å². The van der Waals surface area contributed by atoms with Gasteiger partial charge in [0.1, 0.15) is 5.76 Å². The number of hydrogen-bond acceptors (Lipinski definition) is 3. The molecule has 0 aliphatic carbocycles. The molecule has 5 nitrogen and oxygen atoms in total. The van der Waals surface area contributed by atoms with E-state index < -0.39 is 0 Å². The highest BCUT2D eigenvalue weighted by atomic mass is 16.3. The molecule has 2 rings (SSSR count). The highest BCUT2D eigenvalue weighted by Gasteiger charge is 2.13. The minimum Gasteiger partial charge on any atom is -0.467 e. The zero-order chi connectivity index (χ0) is 15.1. The molecule has 0 unspecified atom stereocenters. The zero-order valence-corrected chi connectivity index (χ0v) is 11.9. The molecule has 1 heterocycles. The number of benzene rings is 1. The minimum atomic E-state index is -0.119. The van der Waals surface area contributed by atoms with E-state index in [1.165, 1.54) is 6.92 Å². The Kier molecular flexibility index (Phi) is 5.15. The van der Waals surface area contributed by atoms with Crippen molar-refractivity contribution in [1.82, 2.24) is 4.90 Å². The van der Waals surface area contributed by atoms with E-state index in [1.54, 1.807) is 23.3 Å². The molecule has 1 aromatic carbocycles. The molecule has 0 radical (unpaired) electrons. The molecular formula is C16H18N2O3. The summed E-state index contributed by atoms with van der Waals surface area (Å²) in [6.07, 6.45) is 1.81. The SMILES string of the molecule is CC(=O)N(CCC(=O)Nc1ccccc1)Cc1ccco1. The Hall–Kier alpha value is -2.56. The maximum atomic E-state index is 11.9. The maximum absolute atomic E-state index is 11.9. The summed E-state index contributed by atoms with van der Waals surface area (Å²) >= 11 is 0. The number of nitrogens with zero attached hydrogens (tertiary/aromatic N) is 1. The number of carbonyl (C=O) groups excluding carboxylic acids is 2. The number of carbonyl (C=O) groups is 2. The fourth-order valence-corrected chi connectivity index (χ4v) is 1.92. The molecule has 0 atom stereocenters. The molecule has 0 bridgehead atoms. The molecule has 5 heteroatoms. The van der Waals surface area contributed by atoms with Gasteiger partial charge >= 0.3 is 0 Å². The molecular weight excluding hydrogens is 268 g/mol. The Bertz CT molecular complexity index is 579. The van der Waals surface area contributed by atoms with Gasteiger partial charge in [0.2, 0.25) is 11.8 Å². The van der Waals surface area contributed by atoms with Crippen LogP contribution in [0.2, 0.25) is 0 Å². The van der Waals surface area contributed by atoms with Crippen LogP contribution >= 0.6 is 0 Å². The smallest absolute Gasteiger partial charge is 0.226 e. The average Bonchev–Trinajstić information content (AvgIpc) is 2.97. The topological polar surface area (TPSA) is 62.6 Å². The predicted molar refractivity (Wildman–Crippen MR) is 79.5 cm³/mol. The molecule has 0 saturated heterocycles. The molecule has 21 heavy (non-hydrogen) atoms. The van der Waals surface area contributed by atoms with E-state index in [1.807, 2.05) is 30.3 Å². The first kappa shape index (κ1) is 14.8. The molecule has 0 fully saturated rings. The monoisotopic (exact) mass is 286 g/mol. The first-order valence-electron chi connectivity index (χ1n) is 6.78. The minimum absolute atomic E-state index is 0.0843. The summed E-state index contributed by atoms with van der Waals surface area (Å²) in [5, 5.41) is 2.79. The summed E-state index contributed by atoms with van der Waals surface area (Å²) in [5.41, 5.74) is 0.753. The van der Waals surface area contributed by atoms with E-state index >= 15 is 0 Å². The molecule has 1 aromatic heterocycles. The first-order chi connectivity index (χ1) is 10.1. The van der Waals surface area contributed by atoms with Gasteiger partial charge in [0.15, 0.2) is 0 Å². The lowest BCUT2D eigenvalue weighted by Crippen LogP contribution is -2.31. The van der Waals surface area contributed by atoms with Gasteiger partial charge in [-0.05, 0) is 24.3 Å². The van der Waals surface area contributed by atoms with Gasteiger partial charge in [0.25, 0.3) is 0 Å². The Balaban J connectivity index is 1.84. The Labute approximate surface area is 123 Å². The number of anilines is 1. The summed E-state index contributed by atoms with van der Waals surface area (Å²) in [6.45, 7) is 2.22. The van der Waals surface area contributed by atoms with E-state index in [0.717, 1.165) is 5.69 Å². The lowest BCUT2D eigenvalue weighted by molar-refractivity contribution is -0.130. The molecule has 0 aliphatic rings. The van der Waals surface area contributed by atoms with Crippen LogP contribution in [-0.2, 0) is 16.1 Å². The average molecular weight is 286 g/mol. The summed E-state index contributed by atoms with van der Waals surface area (Å²) < 4.78 is 5.22. The third-order valence-corrected chi connectivity index (χ3v) is 3.04. The van der Waals surface area contributed by atoms with Crippen LogP contribution in [0.3, 0.4) is 0 Å². The largest absolute Gasteiger partial charge is 0.467 e. The first-order valence-corrected chi connectivity index (χ1v) is 6.78. The van der Waals surface area contributed by atoms with E-state index in [0.29, 0.717) is 18.8 Å². The lowest BCUT2D eigenvalue weighted by atomic mass is 10.3. The standard InChI is InChI=1S/C16H18N2O3/c1-13(19)18(12-15-8-5-11-21-15)10-9-16(20)17-14-6-3-2-4-7-14/h2-8,11H,9-10,12H2,1H3,(H,17,20). The van der Waals surface area contributed by atoms with Crippen molar-refractivity contribution in [3.8, 4) is 0 Å². The van der Waals surface area contributed by atoms with Gasteiger partial charge in [-0.25, -0.2) is 0 Å². The van der Waals surface area contributed by atoms with E-state index in [9.17, 15) is 9.59 Å². The summed E-state index contributed by atoms with van der Waals surface area (Å²) in [7, 11) is 0. The van der Waals surface area contributed by atoms with Crippen LogP contribution in [0.15, 0.2) is 53.1 Å². The second kappa shape index (κ2) is 7.28. The normalized spacial score (nSPS) is 10.1. The van der Waals surface area contributed by atoms with Crippen molar-refractivity contribution in [3.05, 3.63) is 54.5 Å². The lowest BCUT2D eigenvalue weighted by Gasteiger charge is -2.19. The molecule has 0 spiro atoms. The Morgan fingerprint density at radius 3 is 2.52 bits per heavy atom. The van der Waals surface area contributed by atoms with Crippen molar-refractivity contribution in [2.75, 3.05) is 11.9 Å². The quantitative estimate of drug-likeness (QED) is 0.888. The van der Waals surface area contributed by atoms with Crippen molar-refractivity contribution in [3.63, 3.8) is 0 Å². The number of amides is 2. The molecule has 110 valence electrons. The fraction of sp³-hybridized carbons (Fsp3) is 0.250. The van der Waals surface area contributed by atoms with Gasteiger partial charge in [-0.1, -0.05) is 18.2 Å². The van der Waals surface area contributed by atoms with Gasteiger partial charge in [-0.2, -0.15) is 0 Å². The van der Waals surface area contributed by atoms with Crippen molar-refractivity contribution in [2.24, 2.45) is 0 Å². The van der Waals surface area contributed by atoms with Crippen LogP contribution in [0.25, 0.3) is 0 Å². The van der Waals surface area contributed by atoms with Gasteiger partial charge in [0.05, 0.1) is 12.8 Å². The van der Waals surface area contributed by atoms with Gasteiger partial charge in [0, 0.05) is 25.6 Å². The number of rotatable bonds is 6. The van der Waals surface area contributed by atoms with Crippen LogP contribution in [-0.4, -0.2) is 23.3 Å². The van der Waals surface area contributed by atoms with Gasteiger partial charge in [-0.15, -0.1) is 0 Å². The van der Waals surface area contributed by atoms with Gasteiger partial charge in [-0.3, -0.25) is 9.59 Å². The van der Waals surface area contributed by atoms with Crippen LogP contribution in [0.1, 0.15) is 19.1 Å². The second-order valence-electron chi connectivity index (χ2n) is 4.68. The van der Waals surface area contributed by atoms with Crippen molar-refractivity contribution in [1.29, 1.82) is 0 Å². The van der Waals surface area contributed by atoms with Crippen LogP contribution in [0, 0.1) is 0 Å².